The lowest BCUT2D eigenvalue weighted by molar-refractivity contribution is -0.183. The van der Waals surface area contributed by atoms with Crippen molar-refractivity contribution in [2.45, 2.75) is 84.0 Å². The smallest absolute Gasteiger partial charge is 0.251 e. The van der Waals surface area contributed by atoms with Crippen molar-refractivity contribution in [2.24, 2.45) is 29.1 Å². The molecule has 0 radical (unpaired) electrons. The van der Waals surface area contributed by atoms with Crippen LogP contribution >= 0.6 is 0 Å². The summed E-state index contributed by atoms with van der Waals surface area (Å²) in [5, 5.41) is 29.5. The number of nitrogens with one attached hydrogen (secondary N) is 2. The first-order valence-corrected chi connectivity index (χ1v) is 19.8. The highest BCUT2D eigenvalue weighted by atomic mass is 16.7. The van der Waals surface area contributed by atoms with Gasteiger partial charge in [0.2, 0.25) is 5.91 Å². The van der Waals surface area contributed by atoms with E-state index in [2.05, 4.69) is 61.6 Å². The third kappa shape index (κ3) is 7.26. The molecule has 9 atom stereocenters. The summed E-state index contributed by atoms with van der Waals surface area (Å²) in [4.78, 5) is 38.6. The Labute approximate surface area is 325 Å². The molecule has 2 unspecified atom stereocenters. The highest BCUT2D eigenvalue weighted by molar-refractivity contribution is 5.97. The Morgan fingerprint density at radius 1 is 1.09 bits per heavy atom. The minimum atomic E-state index is -0.899. The number of carbonyl (C=O) groups is 2. The van der Waals surface area contributed by atoms with Gasteiger partial charge in [-0.25, -0.2) is 0 Å². The molecule has 8 rings (SSSR count). The van der Waals surface area contributed by atoms with Crippen molar-refractivity contribution in [1.29, 1.82) is 0 Å². The van der Waals surface area contributed by atoms with Crippen LogP contribution in [0.25, 0.3) is 11.1 Å². The van der Waals surface area contributed by atoms with Crippen molar-refractivity contribution in [3.8, 4) is 16.9 Å². The number of anilines is 1. The van der Waals surface area contributed by atoms with Gasteiger partial charge in [0, 0.05) is 61.5 Å². The van der Waals surface area contributed by atoms with Gasteiger partial charge in [-0.1, -0.05) is 63.2 Å². The lowest BCUT2D eigenvalue weighted by Gasteiger charge is -2.62. The molecule has 3 saturated carbocycles. The molecule has 2 bridgehead atoms. The number of rotatable bonds is 12. The second-order valence-electron chi connectivity index (χ2n) is 17.2. The van der Waals surface area contributed by atoms with Crippen LogP contribution in [-0.4, -0.2) is 97.7 Å². The number of aliphatic hydroxyl groups is 2. The molecular weight excluding hydrogens is 695 g/mol. The molecule has 3 aromatic carbocycles. The van der Waals surface area contributed by atoms with Gasteiger partial charge >= 0.3 is 0 Å². The van der Waals surface area contributed by atoms with Gasteiger partial charge < -0.3 is 30.5 Å². The zero-order valence-corrected chi connectivity index (χ0v) is 33.6. The van der Waals surface area contributed by atoms with Crippen molar-refractivity contribution in [1.82, 2.24) is 20.6 Å². The van der Waals surface area contributed by atoms with Gasteiger partial charge in [0.15, 0.2) is 0 Å². The molecule has 11 heteroatoms. The number of nitrogens with zero attached hydrogens (tertiary/aromatic N) is 3. The Morgan fingerprint density at radius 2 is 1.85 bits per heavy atom. The van der Waals surface area contributed by atoms with Crippen LogP contribution in [0.15, 0.2) is 60.7 Å². The molecule has 5 aliphatic rings. The maximum absolute atomic E-state index is 14.3. The Morgan fingerprint density at radius 3 is 2.53 bits per heavy atom. The van der Waals surface area contributed by atoms with E-state index in [1.54, 1.807) is 19.1 Å². The molecule has 4 N–H and O–H groups in total. The summed E-state index contributed by atoms with van der Waals surface area (Å²) >= 11 is 0. The Balaban J connectivity index is 1.15. The summed E-state index contributed by atoms with van der Waals surface area (Å²) in [6, 6.07) is 19.3. The average molecular weight is 754 g/mol. The number of methoxy groups -OCH3 is 1. The maximum atomic E-state index is 14.3. The molecule has 2 heterocycles. The van der Waals surface area contributed by atoms with Gasteiger partial charge in [-0.05, 0) is 84.9 Å². The number of amides is 2. The van der Waals surface area contributed by atoms with Gasteiger partial charge in [-0.3, -0.25) is 19.3 Å². The molecule has 1 saturated heterocycles. The van der Waals surface area contributed by atoms with Crippen molar-refractivity contribution >= 4 is 17.5 Å². The zero-order valence-electron chi connectivity index (χ0n) is 33.6. The molecule has 296 valence electrons. The number of benzene rings is 3. The first kappa shape index (κ1) is 39.2. The maximum Gasteiger partial charge on any atom is 0.251 e. The van der Waals surface area contributed by atoms with E-state index in [4.69, 9.17) is 9.57 Å². The van der Waals surface area contributed by atoms with Gasteiger partial charge in [0.1, 0.15) is 17.9 Å². The quantitative estimate of drug-likeness (QED) is 0.202. The fourth-order valence-electron chi connectivity index (χ4n) is 10.2. The second-order valence-corrected chi connectivity index (χ2v) is 17.2. The number of hydroxylamine groups is 2. The predicted molar refractivity (Wildman–Crippen MR) is 213 cm³/mol. The zero-order chi connectivity index (χ0) is 39.3. The number of para-hydroxylation sites is 1. The lowest BCUT2D eigenvalue weighted by atomic mass is 9.45. The van der Waals surface area contributed by atoms with Gasteiger partial charge in [-0.2, -0.15) is 5.06 Å². The molecule has 2 amide bonds. The summed E-state index contributed by atoms with van der Waals surface area (Å²) in [5.41, 5.74) is 6.55. The molecular formula is C44H59N5O6. The van der Waals surface area contributed by atoms with E-state index in [0.717, 1.165) is 35.3 Å². The minimum absolute atomic E-state index is 0.0390. The SMILES string of the molecule is COc1c(CN2O[C@@H](CO)[C@@H]([C@H](C)O)[C@H]2C(=O)N[C@H]2CC3C[C@@H]([C@@H]2C)C3(C)C)cccc1-c1cc(C(=O)NCC2c3ccccc3CN2C)cc(N(C)C)c1. The number of hydrogen-bond donors (Lipinski definition) is 4. The largest absolute Gasteiger partial charge is 0.496 e. The van der Waals surface area contributed by atoms with Crippen molar-refractivity contribution < 1.29 is 29.4 Å². The van der Waals surface area contributed by atoms with Crippen LogP contribution in [0.5, 0.6) is 5.75 Å². The summed E-state index contributed by atoms with van der Waals surface area (Å²) in [6.07, 6.45) is 0.482. The third-order valence-electron chi connectivity index (χ3n) is 13.5. The highest BCUT2D eigenvalue weighted by Crippen LogP contribution is 2.61. The number of aliphatic hydroxyl groups excluding tert-OH is 2. The average Bonchev–Trinajstić information content (AvgIpc) is 3.70. The van der Waals surface area contributed by atoms with Crippen LogP contribution in [0.4, 0.5) is 5.69 Å². The van der Waals surface area contributed by atoms with Crippen molar-refractivity contribution in [3.63, 3.8) is 0 Å². The molecule has 2 aliphatic heterocycles. The summed E-state index contributed by atoms with van der Waals surface area (Å²) in [6.45, 7) is 9.73. The minimum Gasteiger partial charge on any atom is -0.496 e. The number of hydrogen-bond acceptors (Lipinski definition) is 9. The molecule has 3 aromatic rings. The van der Waals surface area contributed by atoms with Gasteiger partial charge in [-0.15, -0.1) is 0 Å². The van der Waals surface area contributed by atoms with Crippen molar-refractivity contribution in [2.75, 3.05) is 46.3 Å². The number of fused-ring (bicyclic) bond motifs is 3. The normalized spacial score (nSPS) is 28.9. The fourth-order valence-corrected chi connectivity index (χ4v) is 10.2. The van der Waals surface area contributed by atoms with E-state index < -0.39 is 24.2 Å². The van der Waals surface area contributed by atoms with E-state index in [-0.39, 0.29) is 42.5 Å². The molecule has 55 heavy (non-hydrogen) atoms. The van der Waals surface area contributed by atoms with E-state index >= 15 is 0 Å². The second kappa shape index (κ2) is 15.5. The van der Waals surface area contributed by atoms with Crippen LogP contribution in [0.1, 0.15) is 73.6 Å². The van der Waals surface area contributed by atoms with Crippen LogP contribution in [0, 0.1) is 29.1 Å². The molecule has 11 nitrogen and oxygen atoms in total. The van der Waals surface area contributed by atoms with Crippen molar-refractivity contribution in [3.05, 3.63) is 82.9 Å². The number of likely N-dealkylation sites (N-methyl/N-ethyl adjacent to an activating group) is 1. The lowest BCUT2D eigenvalue weighted by Crippen LogP contribution is -2.62. The van der Waals surface area contributed by atoms with E-state index in [9.17, 15) is 19.8 Å². The predicted octanol–water partition coefficient (Wildman–Crippen LogP) is 5.01. The molecule has 4 fully saturated rings. The fraction of sp³-hybridized carbons (Fsp3) is 0.545. The first-order chi connectivity index (χ1) is 26.2. The Kier molecular flexibility index (Phi) is 11.1. The monoisotopic (exact) mass is 753 g/mol. The highest BCUT2D eigenvalue weighted by Gasteiger charge is 2.57. The summed E-state index contributed by atoms with van der Waals surface area (Å²) < 4.78 is 6.10. The topological polar surface area (TPSA) is 127 Å². The Bertz CT molecular complexity index is 1900. The molecule has 0 spiro atoms. The number of ether oxygens (including phenoxy) is 1. The third-order valence-corrected chi connectivity index (χ3v) is 13.5. The van der Waals surface area contributed by atoms with E-state index in [1.165, 1.54) is 17.5 Å². The summed E-state index contributed by atoms with van der Waals surface area (Å²) in [5.74, 6) is 1.05. The van der Waals surface area contributed by atoms with Crippen LogP contribution in [0.3, 0.4) is 0 Å². The number of carbonyl (C=O) groups excluding carboxylic acids is 2. The molecule has 0 aromatic heterocycles. The summed E-state index contributed by atoms with van der Waals surface area (Å²) in [7, 11) is 7.59. The van der Waals surface area contributed by atoms with Gasteiger partial charge in [0.25, 0.3) is 5.91 Å². The van der Waals surface area contributed by atoms with Crippen LogP contribution < -0.4 is 20.3 Å². The molecule has 3 aliphatic carbocycles. The standard InChI is InChI=1S/C44H59N5O6/c1-25-35-19-31(44(35,3)4)20-36(25)46-43(53)40-39(26(2)51)38(24-50)55-49(40)23-28-13-11-15-34(41(28)54-8)29-16-30(18-32(17-29)47(5)6)42(52)45-21-37-33-14-10-9-12-27(33)22-48(37)7/h9-18,25-26,31,35-40,50-51H,19-24H2,1-8H3,(H,45,52)(H,46,53)/t25-,26-,31?,35-,36-,37?,38-,39+,40-/m0/s1. The van der Waals surface area contributed by atoms with E-state index in [1.807, 2.05) is 61.5 Å². The van der Waals surface area contributed by atoms with Crippen LogP contribution in [0.2, 0.25) is 0 Å². The van der Waals surface area contributed by atoms with Gasteiger partial charge in [0.05, 0.1) is 32.4 Å². The Hall–Kier alpha value is -4.00. The van der Waals surface area contributed by atoms with E-state index in [0.29, 0.717) is 35.6 Å². The first-order valence-electron chi connectivity index (χ1n) is 19.8. The van der Waals surface area contributed by atoms with Crippen LogP contribution in [-0.2, 0) is 22.7 Å².